The number of nitrogens with zero attached hydrogens (tertiary/aromatic N) is 5. The third-order valence-electron chi connectivity index (χ3n) is 6.13. The minimum absolute atomic E-state index is 0.110. The molecule has 9 nitrogen and oxygen atoms in total. The van der Waals surface area contributed by atoms with Crippen LogP contribution < -0.4 is 15.5 Å². The summed E-state index contributed by atoms with van der Waals surface area (Å²) in [5.74, 6) is 0.549. The van der Waals surface area contributed by atoms with Crippen LogP contribution in [0.4, 0.5) is 17.2 Å². The van der Waals surface area contributed by atoms with Gasteiger partial charge in [-0.3, -0.25) is 14.2 Å². The minimum atomic E-state index is -0.337. The normalized spacial score (nSPS) is 13.6. The molecule has 0 spiro atoms. The van der Waals surface area contributed by atoms with Crippen molar-refractivity contribution < 1.29 is 9.90 Å². The highest BCUT2D eigenvalue weighted by atomic mass is 16.3. The molecule has 1 aliphatic heterocycles. The zero-order chi connectivity index (χ0) is 23.7. The second-order valence-corrected chi connectivity index (χ2v) is 8.39. The van der Waals surface area contributed by atoms with Crippen molar-refractivity contribution in [2.24, 2.45) is 0 Å². The van der Waals surface area contributed by atoms with E-state index in [-0.39, 0.29) is 12.0 Å². The summed E-state index contributed by atoms with van der Waals surface area (Å²) in [4.78, 5) is 28.0. The van der Waals surface area contributed by atoms with Gasteiger partial charge in [-0.15, -0.1) is 0 Å². The molecule has 1 atom stereocenters. The Morgan fingerprint density at radius 2 is 2.09 bits per heavy atom. The molecule has 0 radical (unpaired) electrons. The number of carbonyl (C=O) groups excluding carboxylic acids is 1. The highest BCUT2D eigenvalue weighted by molar-refractivity contribution is 6.06. The number of aliphatic hydroxyl groups excluding tert-OH is 1. The highest BCUT2D eigenvalue weighted by Gasteiger charge is 2.27. The molecule has 5 rings (SSSR count). The van der Waals surface area contributed by atoms with E-state index >= 15 is 0 Å². The lowest BCUT2D eigenvalue weighted by Gasteiger charge is -2.23. The SMILES string of the molecule is CCN(CCC(C)O)c1ccc(Nc2ccc(-c3cnc4cnccn34)c3c2C(=O)NC3)nc1. The molecule has 34 heavy (non-hydrogen) atoms. The fourth-order valence-corrected chi connectivity index (χ4v) is 4.33. The number of rotatable bonds is 8. The summed E-state index contributed by atoms with van der Waals surface area (Å²) in [6.07, 6.45) is 9.28. The molecular weight excluding hydrogens is 430 g/mol. The lowest BCUT2D eigenvalue weighted by molar-refractivity contribution is 0.0966. The number of fused-ring (bicyclic) bond motifs is 2. The number of hydrogen-bond acceptors (Lipinski definition) is 7. The summed E-state index contributed by atoms with van der Waals surface area (Å²) in [5, 5.41) is 15.9. The Morgan fingerprint density at radius 1 is 1.21 bits per heavy atom. The molecule has 3 aromatic heterocycles. The van der Waals surface area contributed by atoms with E-state index in [0.29, 0.717) is 30.0 Å². The number of hydrogen-bond donors (Lipinski definition) is 3. The van der Waals surface area contributed by atoms with Crippen LogP contribution in [0.3, 0.4) is 0 Å². The molecule has 0 saturated carbocycles. The number of nitrogens with one attached hydrogen (secondary N) is 2. The van der Waals surface area contributed by atoms with Gasteiger partial charge in [0.2, 0.25) is 0 Å². The molecule has 0 fully saturated rings. The molecule has 174 valence electrons. The van der Waals surface area contributed by atoms with Gasteiger partial charge in [-0.1, -0.05) is 6.07 Å². The maximum atomic E-state index is 12.7. The fourth-order valence-electron chi connectivity index (χ4n) is 4.33. The summed E-state index contributed by atoms with van der Waals surface area (Å²) in [7, 11) is 0. The number of aliphatic hydroxyl groups is 1. The third-order valence-corrected chi connectivity index (χ3v) is 6.13. The van der Waals surface area contributed by atoms with Crippen LogP contribution in [0.1, 0.15) is 36.2 Å². The van der Waals surface area contributed by atoms with Gasteiger partial charge in [0.1, 0.15) is 5.82 Å². The predicted molar refractivity (Wildman–Crippen MR) is 131 cm³/mol. The van der Waals surface area contributed by atoms with Crippen LogP contribution in [0.2, 0.25) is 0 Å². The number of carbonyl (C=O) groups is 1. The van der Waals surface area contributed by atoms with E-state index < -0.39 is 0 Å². The molecule has 1 amide bonds. The Bertz CT molecular complexity index is 1330. The first kappa shape index (κ1) is 21.8. The standard InChI is InChI=1S/C25H27N7O2/c1-3-31(10-8-16(2)33)17-4-7-22(27-12-17)30-20-6-5-18(19-13-29-25(34)24(19)20)21-14-28-23-15-26-9-11-32(21)23/h4-7,9,11-12,14-16,33H,3,8,10,13H2,1-2H3,(H,27,30)(H,29,34). The average molecular weight is 458 g/mol. The van der Waals surface area contributed by atoms with Gasteiger partial charge in [-0.25, -0.2) is 9.97 Å². The Kier molecular flexibility index (Phi) is 5.85. The monoisotopic (exact) mass is 457 g/mol. The maximum Gasteiger partial charge on any atom is 0.254 e. The van der Waals surface area contributed by atoms with Crippen molar-refractivity contribution in [3.8, 4) is 11.3 Å². The second-order valence-electron chi connectivity index (χ2n) is 8.39. The largest absolute Gasteiger partial charge is 0.393 e. The first-order valence-electron chi connectivity index (χ1n) is 11.4. The van der Waals surface area contributed by atoms with Crippen LogP contribution in [0, 0.1) is 0 Å². The molecule has 1 aromatic carbocycles. The van der Waals surface area contributed by atoms with Gasteiger partial charge in [0.15, 0.2) is 5.65 Å². The van der Waals surface area contributed by atoms with Crippen LogP contribution in [0.5, 0.6) is 0 Å². The van der Waals surface area contributed by atoms with Crippen molar-refractivity contribution in [2.45, 2.75) is 32.9 Å². The second kappa shape index (κ2) is 9.11. The lowest BCUT2D eigenvalue weighted by Crippen LogP contribution is -2.26. The van der Waals surface area contributed by atoms with E-state index in [1.54, 1.807) is 25.5 Å². The number of aromatic nitrogens is 4. The minimum Gasteiger partial charge on any atom is -0.393 e. The van der Waals surface area contributed by atoms with Gasteiger partial charge in [-0.05, 0) is 44.0 Å². The van der Waals surface area contributed by atoms with E-state index in [1.165, 1.54) is 0 Å². The molecule has 1 unspecified atom stereocenters. The Hall–Kier alpha value is -3.98. The molecule has 4 aromatic rings. The van der Waals surface area contributed by atoms with Crippen LogP contribution in [0.15, 0.2) is 55.2 Å². The molecule has 0 bridgehead atoms. The first-order valence-corrected chi connectivity index (χ1v) is 11.4. The van der Waals surface area contributed by atoms with E-state index in [1.807, 2.05) is 41.1 Å². The number of pyridine rings is 1. The molecule has 9 heteroatoms. The van der Waals surface area contributed by atoms with E-state index in [2.05, 4.69) is 37.4 Å². The fraction of sp³-hybridized carbons (Fsp3) is 0.280. The third kappa shape index (κ3) is 4.06. The summed E-state index contributed by atoms with van der Waals surface area (Å²) in [5.41, 5.74) is 5.89. The van der Waals surface area contributed by atoms with Gasteiger partial charge >= 0.3 is 0 Å². The van der Waals surface area contributed by atoms with Crippen LogP contribution >= 0.6 is 0 Å². The predicted octanol–water partition coefficient (Wildman–Crippen LogP) is 3.38. The van der Waals surface area contributed by atoms with Crippen molar-refractivity contribution in [3.63, 3.8) is 0 Å². The summed E-state index contributed by atoms with van der Waals surface area (Å²) in [6, 6.07) is 7.83. The Balaban J connectivity index is 1.43. The Morgan fingerprint density at radius 3 is 2.85 bits per heavy atom. The average Bonchev–Trinajstić information content (AvgIpc) is 3.45. The molecule has 0 aliphatic carbocycles. The molecular formula is C25H27N7O2. The maximum absolute atomic E-state index is 12.7. The van der Waals surface area contributed by atoms with Crippen LogP contribution in [-0.2, 0) is 6.54 Å². The summed E-state index contributed by atoms with van der Waals surface area (Å²) in [6.45, 7) is 5.93. The van der Waals surface area contributed by atoms with Gasteiger partial charge in [0.25, 0.3) is 5.91 Å². The van der Waals surface area contributed by atoms with Crippen molar-refractivity contribution in [2.75, 3.05) is 23.3 Å². The Labute approximate surface area is 197 Å². The van der Waals surface area contributed by atoms with E-state index in [9.17, 15) is 9.90 Å². The number of anilines is 3. The molecule has 3 N–H and O–H groups in total. The number of imidazole rings is 1. The van der Waals surface area contributed by atoms with E-state index in [4.69, 9.17) is 0 Å². The lowest BCUT2D eigenvalue weighted by atomic mass is 9.99. The molecule has 1 aliphatic rings. The number of amides is 1. The topological polar surface area (TPSA) is 108 Å². The van der Waals surface area contributed by atoms with Crippen LogP contribution in [-0.4, -0.2) is 49.6 Å². The molecule has 4 heterocycles. The van der Waals surface area contributed by atoms with Gasteiger partial charge in [0, 0.05) is 37.6 Å². The smallest absolute Gasteiger partial charge is 0.254 e. The summed E-state index contributed by atoms with van der Waals surface area (Å²) < 4.78 is 1.97. The summed E-state index contributed by atoms with van der Waals surface area (Å²) >= 11 is 0. The van der Waals surface area contributed by atoms with Crippen molar-refractivity contribution in [1.82, 2.24) is 24.7 Å². The highest BCUT2D eigenvalue weighted by Crippen LogP contribution is 2.35. The zero-order valence-electron chi connectivity index (χ0n) is 19.2. The first-order chi connectivity index (χ1) is 16.5. The van der Waals surface area contributed by atoms with Crippen LogP contribution in [0.25, 0.3) is 16.9 Å². The van der Waals surface area contributed by atoms with Gasteiger partial charge in [-0.2, -0.15) is 0 Å². The van der Waals surface area contributed by atoms with Crippen molar-refractivity contribution >= 4 is 28.7 Å². The van der Waals surface area contributed by atoms with Gasteiger partial charge in [0.05, 0.1) is 47.3 Å². The zero-order valence-corrected chi connectivity index (χ0v) is 19.2. The molecule has 0 saturated heterocycles. The van der Waals surface area contributed by atoms with Crippen molar-refractivity contribution in [3.05, 3.63) is 66.4 Å². The van der Waals surface area contributed by atoms with Crippen molar-refractivity contribution in [1.29, 1.82) is 0 Å². The van der Waals surface area contributed by atoms with E-state index in [0.717, 1.165) is 41.2 Å². The number of benzene rings is 1. The quantitative estimate of drug-likeness (QED) is 0.372. The van der Waals surface area contributed by atoms with Gasteiger partial charge < -0.3 is 20.6 Å².